The molecule has 27 heavy (non-hydrogen) atoms. The first-order valence-corrected chi connectivity index (χ1v) is 9.00. The lowest BCUT2D eigenvalue weighted by Crippen LogP contribution is -2.61. The molecule has 9 heteroatoms. The molecule has 1 aromatic carbocycles. The summed E-state index contributed by atoms with van der Waals surface area (Å²) in [6, 6.07) is 6.55. The minimum absolute atomic E-state index is 0.301. The summed E-state index contributed by atoms with van der Waals surface area (Å²) in [6.07, 6.45) is 1.42. The molecule has 2 aliphatic heterocycles. The molecule has 0 saturated carbocycles. The van der Waals surface area contributed by atoms with Gasteiger partial charge in [-0.3, -0.25) is 14.7 Å². The number of likely N-dealkylation sites (N-methyl/N-ethyl adjacent to an activating group) is 1. The molecule has 3 heterocycles. The highest BCUT2D eigenvalue weighted by Gasteiger charge is 2.52. The van der Waals surface area contributed by atoms with Crippen molar-refractivity contribution in [1.29, 1.82) is 0 Å². The number of anilines is 1. The average Bonchev–Trinajstić information content (AvgIpc) is 3.23. The van der Waals surface area contributed by atoms with Gasteiger partial charge in [-0.15, -0.1) is 10.2 Å². The lowest BCUT2D eigenvalue weighted by Gasteiger charge is -2.37. The highest BCUT2D eigenvalue weighted by molar-refractivity contribution is 6.02. The molecule has 9 nitrogen and oxygen atoms in total. The average molecular weight is 370 g/mol. The van der Waals surface area contributed by atoms with Crippen molar-refractivity contribution < 1.29 is 14.3 Å². The standard InChI is InChI=1S/C18H22N6O3/c1-4-5-10-23-13-15(25)19-18(26)22(2)16(13)24-14(20-21-17(23)24)11-6-8-12(27-3)9-7-11/h6-9,13,16H,4-5,10H2,1-3H3,(H,19,25,26). The number of nitrogens with zero attached hydrogens (tertiary/aromatic N) is 5. The van der Waals surface area contributed by atoms with E-state index in [-0.39, 0.29) is 5.91 Å². The molecule has 1 N–H and O–H groups in total. The van der Waals surface area contributed by atoms with E-state index in [4.69, 9.17) is 4.74 Å². The van der Waals surface area contributed by atoms with Crippen molar-refractivity contribution in [3.8, 4) is 17.1 Å². The molecule has 2 aromatic rings. The van der Waals surface area contributed by atoms with E-state index in [0.717, 1.165) is 24.2 Å². The maximum Gasteiger partial charge on any atom is 0.325 e. The minimum atomic E-state index is -0.512. The third kappa shape index (κ3) is 2.61. The van der Waals surface area contributed by atoms with Gasteiger partial charge in [0.1, 0.15) is 11.9 Å². The van der Waals surface area contributed by atoms with E-state index in [9.17, 15) is 9.59 Å². The number of nitrogens with one attached hydrogen (secondary N) is 1. The summed E-state index contributed by atoms with van der Waals surface area (Å²) in [4.78, 5) is 28.4. The number of carbonyl (C=O) groups excluding carboxylic acids is 2. The third-order valence-electron chi connectivity index (χ3n) is 5.13. The van der Waals surface area contributed by atoms with Crippen molar-refractivity contribution in [2.24, 2.45) is 0 Å². The summed E-state index contributed by atoms with van der Waals surface area (Å²) in [5.41, 5.74) is 0.845. The number of imide groups is 1. The van der Waals surface area contributed by atoms with E-state index < -0.39 is 18.2 Å². The molecule has 1 fully saturated rings. The summed E-state index contributed by atoms with van der Waals surface area (Å²) in [5, 5.41) is 11.2. The summed E-state index contributed by atoms with van der Waals surface area (Å²) in [6.45, 7) is 2.77. The number of amides is 3. The summed E-state index contributed by atoms with van der Waals surface area (Å²) >= 11 is 0. The van der Waals surface area contributed by atoms with Crippen LogP contribution < -0.4 is 15.0 Å². The first kappa shape index (κ1) is 17.3. The van der Waals surface area contributed by atoms with Gasteiger partial charge in [-0.2, -0.15) is 0 Å². The first-order valence-electron chi connectivity index (χ1n) is 9.00. The topological polar surface area (TPSA) is 92.6 Å². The highest BCUT2D eigenvalue weighted by atomic mass is 16.5. The predicted octanol–water partition coefficient (Wildman–Crippen LogP) is 1.62. The van der Waals surface area contributed by atoms with Crippen LogP contribution in [0.4, 0.5) is 10.7 Å². The fraction of sp³-hybridized carbons (Fsp3) is 0.444. The Morgan fingerprint density at radius 1 is 1.19 bits per heavy atom. The SMILES string of the molecule is CCCCN1c2nnc(-c3ccc(OC)cc3)n2C2C1C(=O)NC(=O)N2C. The summed E-state index contributed by atoms with van der Waals surface area (Å²) in [5.74, 6) is 1.68. The molecule has 0 radical (unpaired) electrons. The van der Waals surface area contributed by atoms with Crippen LogP contribution in [0.25, 0.3) is 11.4 Å². The number of aromatic nitrogens is 3. The van der Waals surface area contributed by atoms with Gasteiger partial charge in [0, 0.05) is 19.2 Å². The number of benzene rings is 1. The van der Waals surface area contributed by atoms with Crippen molar-refractivity contribution in [3.63, 3.8) is 0 Å². The van der Waals surface area contributed by atoms with Crippen LogP contribution >= 0.6 is 0 Å². The van der Waals surface area contributed by atoms with Crippen LogP contribution in [0.3, 0.4) is 0 Å². The van der Waals surface area contributed by atoms with Gasteiger partial charge in [-0.05, 0) is 30.7 Å². The Labute approximate surface area is 156 Å². The van der Waals surface area contributed by atoms with E-state index in [1.165, 1.54) is 4.90 Å². The first-order chi connectivity index (χ1) is 13.1. The van der Waals surface area contributed by atoms with E-state index in [2.05, 4.69) is 22.4 Å². The van der Waals surface area contributed by atoms with Gasteiger partial charge < -0.3 is 14.5 Å². The molecule has 0 spiro atoms. The Kier molecular flexibility index (Phi) is 4.21. The molecule has 2 aliphatic rings. The van der Waals surface area contributed by atoms with Gasteiger partial charge >= 0.3 is 6.03 Å². The second-order valence-corrected chi connectivity index (χ2v) is 6.73. The molecule has 4 rings (SSSR count). The fourth-order valence-electron chi connectivity index (χ4n) is 3.70. The van der Waals surface area contributed by atoms with E-state index in [1.54, 1.807) is 14.2 Å². The lowest BCUT2D eigenvalue weighted by molar-refractivity contribution is -0.124. The van der Waals surface area contributed by atoms with Crippen LogP contribution in [0.5, 0.6) is 5.75 Å². The van der Waals surface area contributed by atoms with Crippen molar-refractivity contribution in [3.05, 3.63) is 24.3 Å². The number of rotatable bonds is 5. The van der Waals surface area contributed by atoms with Gasteiger partial charge in [-0.25, -0.2) is 4.79 Å². The van der Waals surface area contributed by atoms with E-state index in [1.807, 2.05) is 33.7 Å². The Morgan fingerprint density at radius 2 is 1.93 bits per heavy atom. The van der Waals surface area contributed by atoms with Gasteiger partial charge in [0.2, 0.25) is 5.95 Å². The molecule has 0 bridgehead atoms. The van der Waals surface area contributed by atoms with Crippen LogP contribution in [-0.2, 0) is 4.79 Å². The molecule has 3 amide bonds. The number of hydrogen-bond donors (Lipinski definition) is 1. The molecular weight excluding hydrogens is 348 g/mol. The summed E-state index contributed by atoms with van der Waals surface area (Å²) < 4.78 is 7.10. The van der Waals surface area contributed by atoms with Crippen LogP contribution in [-0.4, -0.2) is 58.3 Å². The van der Waals surface area contributed by atoms with Crippen molar-refractivity contribution in [2.75, 3.05) is 25.6 Å². The number of ether oxygens (including phenoxy) is 1. The van der Waals surface area contributed by atoms with Crippen molar-refractivity contribution in [2.45, 2.75) is 32.0 Å². The highest BCUT2D eigenvalue weighted by Crippen LogP contribution is 2.40. The van der Waals surface area contributed by atoms with Crippen molar-refractivity contribution in [1.82, 2.24) is 25.0 Å². The number of carbonyl (C=O) groups is 2. The molecular formula is C18H22N6O3. The number of urea groups is 1. The predicted molar refractivity (Wildman–Crippen MR) is 98.4 cm³/mol. The lowest BCUT2D eigenvalue weighted by atomic mass is 10.1. The third-order valence-corrected chi connectivity index (χ3v) is 5.13. The maximum atomic E-state index is 12.6. The van der Waals surface area contributed by atoms with Crippen LogP contribution in [0.1, 0.15) is 25.9 Å². The van der Waals surface area contributed by atoms with E-state index >= 15 is 0 Å². The second kappa shape index (κ2) is 6.57. The molecule has 142 valence electrons. The Hall–Kier alpha value is -3.10. The maximum absolute atomic E-state index is 12.6. The van der Waals surface area contributed by atoms with Crippen LogP contribution in [0.15, 0.2) is 24.3 Å². The molecule has 1 saturated heterocycles. The fourth-order valence-corrected chi connectivity index (χ4v) is 3.70. The largest absolute Gasteiger partial charge is 0.497 e. The van der Waals surface area contributed by atoms with Crippen LogP contribution in [0.2, 0.25) is 0 Å². The van der Waals surface area contributed by atoms with E-state index in [0.29, 0.717) is 18.3 Å². The molecule has 1 aromatic heterocycles. The zero-order chi connectivity index (χ0) is 19.1. The zero-order valence-electron chi connectivity index (χ0n) is 15.5. The second-order valence-electron chi connectivity index (χ2n) is 6.73. The number of fused-ring (bicyclic) bond motifs is 3. The van der Waals surface area contributed by atoms with Gasteiger partial charge in [0.05, 0.1) is 7.11 Å². The minimum Gasteiger partial charge on any atom is -0.497 e. The summed E-state index contributed by atoms with van der Waals surface area (Å²) in [7, 11) is 3.30. The van der Waals surface area contributed by atoms with Gasteiger partial charge in [-0.1, -0.05) is 13.3 Å². The Balaban J connectivity index is 1.82. The zero-order valence-corrected chi connectivity index (χ0v) is 15.5. The Morgan fingerprint density at radius 3 is 2.59 bits per heavy atom. The molecule has 0 aliphatic carbocycles. The number of hydrogen-bond acceptors (Lipinski definition) is 6. The smallest absolute Gasteiger partial charge is 0.325 e. The normalized spacial score (nSPS) is 21.1. The monoisotopic (exact) mass is 370 g/mol. The van der Waals surface area contributed by atoms with Crippen LogP contribution in [0, 0.1) is 0 Å². The molecule has 2 atom stereocenters. The van der Waals surface area contributed by atoms with Gasteiger partial charge in [0.25, 0.3) is 5.91 Å². The molecule has 2 unspecified atom stereocenters. The quantitative estimate of drug-likeness (QED) is 0.860. The number of methoxy groups -OCH3 is 1. The van der Waals surface area contributed by atoms with Gasteiger partial charge in [0.15, 0.2) is 11.9 Å². The number of unbranched alkanes of at least 4 members (excludes halogenated alkanes) is 1. The van der Waals surface area contributed by atoms with Crippen molar-refractivity contribution >= 4 is 17.9 Å². The Bertz CT molecular complexity index is 878.